The Balaban J connectivity index is 2.46. The van der Waals surface area contributed by atoms with Gasteiger partial charge in [0, 0.05) is 18.1 Å². The number of esters is 1. The highest BCUT2D eigenvalue weighted by Gasteiger charge is 2.32. The van der Waals surface area contributed by atoms with Crippen molar-refractivity contribution in [1.29, 1.82) is 0 Å². The highest BCUT2D eigenvalue weighted by molar-refractivity contribution is 7.99. The van der Waals surface area contributed by atoms with Gasteiger partial charge in [0.25, 0.3) is 0 Å². The van der Waals surface area contributed by atoms with Crippen molar-refractivity contribution < 1.29 is 9.53 Å². The second-order valence-corrected chi connectivity index (χ2v) is 4.99. The van der Waals surface area contributed by atoms with Gasteiger partial charge in [0.2, 0.25) is 0 Å². The van der Waals surface area contributed by atoms with Crippen molar-refractivity contribution in [3.63, 3.8) is 0 Å². The fourth-order valence-corrected chi connectivity index (χ4v) is 2.29. The summed E-state index contributed by atoms with van der Waals surface area (Å²) in [6, 6.07) is 1.78. The molecule has 1 atom stereocenters. The van der Waals surface area contributed by atoms with E-state index in [0.29, 0.717) is 13.0 Å². The lowest BCUT2D eigenvalue weighted by Crippen LogP contribution is -2.49. The van der Waals surface area contributed by atoms with E-state index >= 15 is 0 Å². The molecule has 0 radical (unpaired) electrons. The van der Waals surface area contributed by atoms with E-state index in [1.807, 2.05) is 6.92 Å². The molecule has 0 saturated heterocycles. The fraction of sp³-hybridized carbons (Fsp3) is 0.583. The number of nitrogens with zero attached hydrogens (tertiary/aromatic N) is 2. The average Bonchev–Trinajstić information content (AvgIpc) is 2.40. The van der Waals surface area contributed by atoms with E-state index in [-0.39, 0.29) is 5.97 Å². The quantitative estimate of drug-likeness (QED) is 0.460. The molecule has 1 unspecified atom stereocenters. The molecule has 1 rings (SSSR count). The first kappa shape index (κ1) is 14.9. The standard InChI is InChI=1S/C12H19N3O2S/c1-4-17-10(16)12(2,13-3)6-9-18-11-14-7-5-8-15-11/h5,7-8,13H,4,6,9H2,1-3H3. The highest BCUT2D eigenvalue weighted by Crippen LogP contribution is 2.19. The second kappa shape index (κ2) is 7.33. The summed E-state index contributed by atoms with van der Waals surface area (Å²) in [7, 11) is 1.76. The third-order valence-electron chi connectivity index (χ3n) is 2.65. The predicted molar refractivity (Wildman–Crippen MR) is 71.5 cm³/mol. The van der Waals surface area contributed by atoms with Gasteiger partial charge in [-0.2, -0.15) is 0 Å². The Morgan fingerprint density at radius 1 is 1.50 bits per heavy atom. The summed E-state index contributed by atoms with van der Waals surface area (Å²) < 4.78 is 5.06. The number of likely N-dealkylation sites (N-methyl/N-ethyl adjacent to an activating group) is 1. The fourth-order valence-electron chi connectivity index (χ4n) is 1.33. The van der Waals surface area contributed by atoms with E-state index < -0.39 is 5.54 Å². The van der Waals surface area contributed by atoms with Gasteiger partial charge in [-0.25, -0.2) is 9.97 Å². The summed E-state index contributed by atoms with van der Waals surface area (Å²) in [5.74, 6) is 0.530. The smallest absolute Gasteiger partial charge is 0.326 e. The van der Waals surface area contributed by atoms with E-state index in [1.54, 1.807) is 32.4 Å². The van der Waals surface area contributed by atoms with E-state index in [4.69, 9.17) is 4.74 Å². The van der Waals surface area contributed by atoms with Crippen molar-refractivity contribution in [3.05, 3.63) is 18.5 Å². The first-order valence-corrected chi connectivity index (χ1v) is 6.87. The highest BCUT2D eigenvalue weighted by atomic mass is 32.2. The Morgan fingerprint density at radius 2 is 2.17 bits per heavy atom. The number of carbonyl (C=O) groups excluding carboxylic acids is 1. The first-order valence-electron chi connectivity index (χ1n) is 5.88. The van der Waals surface area contributed by atoms with Crippen LogP contribution in [0.4, 0.5) is 0 Å². The van der Waals surface area contributed by atoms with Crippen LogP contribution in [-0.4, -0.2) is 40.9 Å². The van der Waals surface area contributed by atoms with Crippen LogP contribution >= 0.6 is 11.8 Å². The third-order valence-corrected chi connectivity index (χ3v) is 3.53. The Bertz CT molecular complexity index is 375. The van der Waals surface area contributed by atoms with Crippen LogP contribution in [0.3, 0.4) is 0 Å². The minimum Gasteiger partial charge on any atom is -0.465 e. The second-order valence-electron chi connectivity index (χ2n) is 3.93. The molecular formula is C12H19N3O2S. The monoisotopic (exact) mass is 269 g/mol. The zero-order chi connectivity index (χ0) is 13.4. The number of ether oxygens (including phenoxy) is 1. The van der Waals surface area contributed by atoms with Crippen LogP contribution in [0.5, 0.6) is 0 Å². The summed E-state index contributed by atoms with van der Waals surface area (Å²) >= 11 is 1.53. The molecule has 0 aliphatic heterocycles. The van der Waals surface area contributed by atoms with E-state index in [0.717, 1.165) is 10.9 Å². The molecule has 18 heavy (non-hydrogen) atoms. The number of rotatable bonds is 7. The number of hydrogen-bond acceptors (Lipinski definition) is 6. The molecule has 100 valence electrons. The SMILES string of the molecule is CCOC(=O)C(C)(CCSc1ncccn1)NC. The van der Waals surface area contributed by atoms with E-state index in [2.05, 4.69) is 15.3 Å². The van der Waals surface area contributed by atoms with Gasteiger partial charge in [-0.1, -0.05) is 11.8 Å². The maximum atomic E-state index is 11.8. The lowest BCUT2D eigenvalue weighted by Gasteiger charge is -2.26. The lowest BCUT2D eigenvalue weighted by molar-refractivity contribution is -0.150. The van der Waals surface area contributed by atoms with Gasteiger partial charge in [0.05, 0.1) is 6.61 Å². The average molecular weight is 269 g/mol. The summed E-state index contributed by atoms with van der Waals surface area (Å²) in [5, 5.41) is 3.74. The van der Waals surface area contributed by atoms with E-state index in [1.165, 1.54) is 11.8 Å². The molecule has 0 fully saturated rings. The Morgan fingerprint density at radius 3 is 2.72 bits per heavy atom. The minimum atomic E-state index is -0.655. The normalized spacial score (nSPS) is 13.9. The van der Waals surface area contributed by atoms with Crippen LogP contribution in [0, 0.1) is 0 Å². The molecule has 0 saturated carbocycles. The molecule has 6 heteroatoms. The van der Waals surface area contributed by atoms with Crippen molar-refractivity contribution in [1.82, 2.24) is 15.3 Å². The van der Waals surface area contributed by atoms with Crippen molar-refractivity contribution in [3.8, 4) is 0 Å². The van der Waals surface area contributed by atoms with Gasteiger partial charge in [-0.15, -0.1) is 0 Å². The maximum Gasteiger partial charge on any atom is 0.326 e. The molecule has 0 aliphatic carbocycles. The Kier molecular flexibility index (Phi) is 6.07. The first-order chi connectivity index (χ1) is 8.62. The van der Waals surface area contributed by atoms with Crippen molar-refractivity contribution in [2.24, 2.45) is 0 Å². The van der Waals surface area contributed by atoms with Gasteiger partial charge in [0.15, 0.2) is 5.16 Å². The van der Waals surface area contributed by atoms with Crippen LogP contribution in [0.2, 0.25) is 0 Å². The van der Waals surface area contributed by atoms with Crippen LogP contribution in [0.1, 0.15) is 20.3 Å². The number of nitrogens with one attached hydrogen (secondary N) is 1. The molecule has 0 amide bonds. The molecular weight excluding hydrogens is 250 g/mol. The van der Waals surface area contributed by atoms with E-state index in [9.17, 15) is 4.79 Å². The maximum absolute atomic E-state index is 11.8. The van der Waals surface area contributed by atoms with Crippen LogP contribution in [0.25, 0.3) is 0 Å². The number of hydrogen-bond donors (Lipinski definition) is 1. The molecule has 1 aromatic heterocycles. The van der Waals surface area contributed by atoms with Crippen LogP contribution in [0.15, 0.2) is 23.6 Å². The molecule has 0 spiro atoms. The zero-order valence-electron chi connectivity index (χ0n) is 11.0. The summed E-state index contributed by atoms with van der Waals surface area (Å²) in [5.41, 5.74) is -0.655. The third kappa shape index (κ3) is 4.27. The van der Waals surface area contributed by atoms with Crippen molar-refractivity contribution >= 4 is 17.7 Å². The largest absolute Gasteiger partial charge is 0.465 e. The van der Waals surface area contributed by atoms with Gasteiger partial charge in [-0.05, 0) is 33.4 Å². The molecule has 1 N–H and O–H groups in total. The molecule has 1 heterocycles. The molecule has 1 aromatic rings. The summed E-state index contributed by atoms with van der Waals surface area (Å²) in [6.07, 6.45) is 4.07. The molecule has 5 nitrogen and oxygen atoms in total. The van der Waals surface area contributed by atoms with Crippen molar-refractivity contribution in [2.75, 3.05) is 19.4 Å². The van der Waals surface area contributed by atoms with Gasteiger partial charge in [-0.3, -0.25) is 4.79 Å². The van der Waals surface area contributed by atoms with Crippen LogP contribution < -0.4 is 5.32 Å². The molecule has 0 bridgehead atoms. The number of aromatic nitrogens is 2. The van der Waals surface area contributed by atoms with Gasteiger partial charge >= 0.3 is 5.97 Å². The zero-order valence-corrected chi connectivity index (χ0v) is 11.8. The minimum absolute atomic E-state index is 0.220. The lowest BCUT2D eigenvalue weighted by atomic mass is 10.00. The van der Waals surface area contributed by atoms with Crippen molar-refractivity contribution in [2.45, 2.75) is 31.0 Å². The predicted octanol–water partition coefficient (Wildman–Crippen LogP) is 1.50. The topological polar surface area (TPSA) is 64.1 Å². The number of thioether (sulfide) groups is 1. The number of carbonyl (C=O) groups is 1. The molecule has 0 aromatic carbocycles. The summed E-state index contributed by atoms with van der Waals surface area (Å²) in [6.45, 7) is 4.04. The Hall–Kier alpha value is -1.14. The molecule has 0 aliphatic rings. The van der Waals surface area contributed by atoms with Gasteiger partial charge in [0.1, 0.15) is 5.54 Å². The van der Waals surface area contributed by atoms with Crippen LogP contribution in [-0.2, 0) is 9.53 Å². The Labute approximate surface area is 112 Å². The summed E-state index contributed by atoms with van der Waals surface area (Å²) in [4.78, 5) is 20.1. The van der Waals surface area contributed by atoms with Gasteiger partial charge < -0.3 is 10.1 Å².